The zero-order valence-corrected chi connectivity index (χ0v) is 11.9. The standard InChI is InChI=1S/C13H20BrFN2O/c14-10-4-5-12(15)11(8-10)13(9-16)17-6-2-1-3-7-18/h4-5,8,13,17-18H,1-3,6-7,9,16H2. The summed E-state index contributed by atoms with van der Waals surface area (Å²) in [5.74, 6) is -0.239. The minimum Gasteiger partial charge on any atom is -0.396 e. The van der Waals surface area contributed by atoms with Gasteiger partial charge in [-0.3, -0.25) is 0 Å². The van der Waals surface area contributed by atoms with Crippen LogP contribution in [0, 0.1) is 5.82 Å². The SMILES string of the molecule is NCC(NCCCCCO)c1cc(Br)ccc1F. The summed E-state index contributed by atoms with van der Waals surface area (Å²) in [4.78, 5) is 0. The van der Waals surface area contributed by atoms with Crippen molar-refractivity contribution in [3.05, 3.63) is 34.1 Å². The number of benzene rings is 1. The van der Waals surface area contributed by atoms with Crippen LogP contribution in [0.15, 0.2) is 22.7 Å². The Morgan fingerprint density at radius 2 is 2.11 bits per heavy atom. The molecule has 18 heavy (non-hydrogen) atoms. The molecular formula is C13H20BrFN2O. The Hall–Kier alpha value is -0.490. The molecule has 0 saturated carbocycles. The van der Waals surface area contributed by atoms with Gasteiger partial charge in [0.05, 0.1) is 0 Å². The van der Waals surface area contributed by atoms with Gasteiger partial charge in [-0.1, -0.05) is 15.9 Å². The molecule has 0 bridgehead atoms. The van der Waals surface area contributed by atoms with Gasteiger partial charge in [0.15, 0.2) is 0 Å². The summed E-state index contributed by atoms with van der Waals surface area (Å²) in [6, 6.07) is 4.70. The molecule has 0 fully saturated rings. The van der Waals surface area contributed by atoms with Gasteiger partial charge in [0.1, 0.15) is 5.82 Å². The molecule has 0 heterocycles. The van der Waals surface area contributed by atoms with Crippen LogP contribution in [0.2, 0.25) is 0 Å². The lowest BCUT2D eigenvalue weighted by Crippen LogP contribution is -2.29. The molecule has 1 aromatic rings. The molecule has 1 aromatic carbocycles. The second-order valence-corrected chi connectivity index (χ2v) is 5.11. The molecule has 0 aromatic heterocycles. The van der Waals surface area contributed by atoms with Crippen LogP contribution in [0.3, 0.4) is 0 Å². The maximum atomic E-state index is 13.7. The summed E-state index contributed by atoms with van der Waals surface area (Å²) in [5, 5.41) is 11.9. The molecule has 102 valence electrons. The highest BCUT2D eigenvalue weighted by atomic mass is 79.9. The van der Waals surface area contributed by atoms with E-state index in [1.54, 1.807) is 12.1 Å². The predicted octanol–water partition coefficient (Wildman–Crippen LogP) is 2.34. The fourth-order valence-corrected chi connectivity index (χ4v) is 2.17. The van der Waals surface area contributed by atoms with Crippen LogP contribution in [-0.2, 0) is 0 Å². The van der Waals surface area contributed by atoms with E-state index in [1.165, 1.54) is 6.07 Å². The second-order valence-electron chi connectivity index (χ2n) is 4.19. The van der Waals surface area contributed by atoms with Crippen molar-refractivity contribution in [1.82, 2.24) is 5.32 Å². The molecule has 0 spiro atoms. The summed E-state index contributed by atoms with van der Waals surface area (Å²) in [7, 11) is 0. The van der Waals surface area contributed by atoms with E-state index in [-0.39, 0.29) is 18.5 Å². The highest BCUT2D eigenvalue weighted by molar-refractivity contribution is 9.10. The van der Waals surface area contributed by atoms with Gasteiger partial charge in [-0.15, -0.1) is 0 Å². The summed E-state index contributed by atoms with van der Waals surface area (Å²) < 4.78 is 14.5. The minimum atomic E-state index is -0.239. The fourth-order valence-electron chi connectivity index (χ4n) is 1.79. The van der Waals surface area contributed by atoms with Gasteiger partial charge in [0, 0.05) is 29.2 Å². The molecule has 1 atom stereocenters. The van der Waals surface area contributed by atoms with Crippen LogP contribution in [-0.4, -0.2) is 24.8 Å². The first kappa shape index (κ1) is 15.6. The van der Waals surface area contributed by atoms with Crippen molar-refractivity contribution in [1.29, 1.82) is 0 Å². The Balaban J connectivity index is 2.52. The summed E-state index contributed by atoms with van der Waals surface area (Å²) in [6.45, 7) is 1.35. The monoisotopic (exact) mass is 318 g/mol. The number of aliphatic hydroxyl groups is 1. The lowest BCUT2D eigenvalue weighted by atomic mass is 10.1. The number of rotatable bonds is 8. The second kappa shape index (κ2) is 8.58. The Kier molecular flexibility index (Phi) is 7.42. The molecule has 0 amide bonds. The largest absolute Gasteiger partial charge is 0.396 e. The smallest absolute Gasteiger partial charge is 0.128 e. The minimum absolute atomic E-state index is 0.170. The molecule has 4 N–H and O–H groups in total. The Morgan fingerprint density at radius 1 is 1.33 bits per heavy atom. The number of nitrogens with two attached hydrogens (primary N) is 1. The number of hydrogen-bond donors (Lipinski definition) is 3. The molecule has 1 rings (SSSR count). The average Bonchev–Trinajstić information content (AvgIpc) is 2.37. The van der Waals surface area contributed by atoms with Crippen LogP contribution in [0.1, 0.15) is 30.9 Å². The highest BCUT2D eigenvalue weighted by Gasteiger charge is 2.13. The third-order valence-corrected chi connectivity index (χ3v) is 3.29. The topological polar surface area (TPSA) is 58.3 Å². The van der Waals surface area contributed by atoms with Crippen molar-refractivity contribution in [2.45, 2.75) is 25.3 Å². The van der Waals surface area contributed by atoms with Gasteiger partial charge in [-0.05, 0) is 44.0 Å². The third kappa shape index (κ3) is 5.02. The van der Waals surface area contributed by atoms with Gasteiger partial charge >= 0.3 is 0 Å². The molecule has 0 aliphatic rings. The van der Waals surface area contributed by atoms with Crippen molar-refractivity contribution >= 4 is 15.9 Å². The van der Waals surface area contributed by atoms with E-state index >= 15 is 0 Å². The maximum Gasteiger partial charge on any atom is 0.128 e. The van der Waals surface area contributed by atoms with E-state index in [0.29, 0.717) is 12.1 Å². The van der Waals surface area contributed by atoms with Gasteiger partial charge in [0.25, 0.3) is 0 Å². The lowest BCUT2D eigenvalue weighted by molar-refractivity contribution is 0.282. The first-order chi connectivity index (χ1) is 8.69. The van der Waals surface area contributed by atoms with Gasteiger partial charge < -0.3 is 16.2 Å². The number of hydrogen-bond acceptors (Lipinski definition) is 3. The van der Waals surface area contributed by atoms with E-state index in [2.05, 4.69) is 21.2 Å². The predicted molar refractivity (Wildman–Crippen MR) is 74.8 cm³/mol. The van der Waals surface area contributed by atoms with E-state index in [4.69, 9.17) is 10.8 Å². The summed E-state index contributed by atoms with van der Waals surface area (Å²) in [5.41, 5.74) is 6.27. The molecule has 0 aliphatic carbocycles. The normalized spacial score (nSPS) is 12.7. The zero-order chi connectivity index (χ0) is 13.4. The van der Waals surface area contributed by atoms with Crippen LogP contribution in [0.4, 0.5) is 4.39 Å². The van der Waals surface area contributed by atoms with E-state index in [0.717, 1.165) is 30.3 Å². The average molecular weight is 319 g/mol. The van der Waals surface area contributed by atoms with E-state index in [9.17, 15) is 4.39 Å². The molecule has 0 radical (unpaired) electrons. The number of nitrogens with one attached hydrogen (secondary N) is 1. The van der Waals surface area contributed by atoms with E-state index in [1.807, 2.05) is 0 Å². The molecular weight excluding hydrogens is 299 g/mol. The van der Waals surface area contributed by atoms with E-state index < -0.39 is 0 Å². The number of unbranched alkanes of at least 4 members (excludes halogenated alkanes) is 2. The van der Waals surface area contributed by atoms with Crippen molar-refractivity contribution in [2.75, 3.05) is 19.7 Å². The Bertz CT molecular complexity index is 363. The summed E-state index contributed by atoms with van der Waals surface area (Å²) >= 11 is 3.33. The van der Waals surface area contributed by atoms with Gasteiger partial charge in [-0.2, -0.15) is 0 Å². The number of aliphatic hydroxyl groups excluding tert-OH is 1. The summed E-state index contributed by atoms with van der Waals surface area (Å²) in [6.07, 6.45) is 2.72. The van der Waals surface area contributed by atoms with Crippen LogP contribution < -0.4 is 11.1 Å². The number of halogens is 2. The molecule has 0 saturated heterocycles. The molecule has 1 unspecified atom stereocenters. The Labute approximate surface area is 116 Å². The Morgan fingerprint density at radius 3 is 2.78 bits per heavy atom. The first-order valence-corrected chi connectivity index (χ1v) is 6.97. The lowest BCUT2D eigenvalue weighted by Gasteiger charge is -2.18. The first-order valence-electron chi connectivity index (χ1n) is 6.18. The molecule has 5 heteroatoms. The van der Waals surface area contributed by atoms with Crippen LogP contribution in [0.25, 0.3) is 0 Å². The van der Waals surface area contributed by atoms with Gasteiger partial charge in [-0.25, -0.2) is 4.39 Å². The quantitative estimate of drug-likeness (QED) is 0.645. The molecule has 0 aliphatic heterocycles. The highest BCUT2D eigenvalue weighted by Crippen LogP contribution is 2.21. The molecule has 3 nitrogen and oxygen atoms in total. The van der Waals surface area contributed by atoms with Crippen molar-refractivity contribution < 1.29 is 9.50 Å². The van der Waals surface area contributed by atoms with Gasteiger partial charge in [0.2, 0.25) is 0 Å². The fraction of sp³-hybridized carbons (Fsp3) is 0.538. The van der Waals surface area contributed by atoms with Crippen molar-refractivity contribution in [3.8, 4) is 0 Å². The third-order valence-electron chi connectivity index (χ3n) is 2.79. The maximum absolute atomic E-state index is 13.7. The zero-order valence-electron chi connectivity index (χ0n) is 10.3. The van der Waals surface area contributed by atoms with Crippen molar-refractivity contribution in [2.24, 2.45) is 5.73 Å². The van der Waals surface area contributed by atoms with Crippen molar-refractivity contribution in [3.63, 3.8) is 0 Å². The van der Waals surface area contributed by atoms with Crippen LogP contribution in [0.5, 0.6) is 0 Å². The van der Waals surface area contributed by atoms with Crippen LogP contribution >= 0.6 is 15.9 Å².